The molecule has 0 saturated carbocycles. The van der Waals surface area contributed by atoms with E-state index in [2.05, 4.69) is 4.98 Å². The molecule has 1 aromatic heterocycles. The topological polar surface area (TPSA) is 42.4 Å². The Hall–Kier alpha value is -1.09. The highest BCUT2D eigenvalue weighted by atomic mass is 16.5. The summed E-state index contributed by atoms with van der Waals surface area (Å²) >= 11 is 0. The van der Waals surface area contributed by atoms with Crippen LogP contribution in [0.4, 0.5) is 0 Å². The molecule has 0 aliphatic rings. The van der Waals surface area contributed by atoms with Gasteiger partial charge in [-0.05, 0) is 33.8 Å². The normalized spacial score (nSPS) is 11.9. The number of aromatic nitrogens is 1. The molecule has 0 atom stereocenters. The molecule has 0 saturated heterocycles. The van der Waals surface area contributed by atoms with Gasteiger partial charge in [-0.3, -0.25) is 4.98 Å². The summed E-state index contributed by atoms with van der Waals surface area (Å²) < 4.78 is 5.57. The minimum atomic E-state index is -0.918. The zero-order chi connectivity index (χ0) is 10.8. The van der Waals surface area contributed by atoms with Crippen molar-refractivity contribution in [2.75, 3.05) is 0 Å². The molecular weight excluding hydrogens is 178 g/mol. The third-order valence-corrected chi connectivity index (χ3v) is 1.80. The molecule has 78 valence electrons. The molecule has 1 N–H and O–H groups in total. The lowest BCUT2D eigenvalue weighted by Gasteiger charge is -2.22. The van der Waals surface area contributed by atoms with Crippen molar-refractivity contribution in [1.82, 2.24) is 4.98 Å². The van der Waals surface area contributed by atoms with Gasteiger partial charge in [-0.2, -0.15) is 0 Å². The quantitative estimate of drug-likeness (QED) is 0.803. The minimum Gasteiger partial charge on any atom is -0.490 e. The van der Waals surface area contributed by atoms with E-state index in [1.807, 2.05) is 13.8 Å². The molecule has 0 fully saturated rings. The van der Waals surface area contributed by atoms with E-state index in [0.717, 1.165) is 0 Å². The zero-order valence-electron chi connectivity index (χ0n) is 9.11. The molecule has 0 bridgehead atoms. The lowest BCUT2D eigenvalue weighted by Crippen LogP contribution is -2.19. The van der Waals surface area contributed by atoms with Crippen LogP contribution < -0.4 is 4.74 Å². The van der Waals surface area contributed by atoms with Crippen molar-refractivity contribution in [2.45, 2.75) is 39.4 Å². The van der Waals surface area contributed by atoms with Crippen molar-refractivity contribution < 1.29 is 9.84 Å². The molecule has 14 heavy (non-hydrogen) atoms. The number of hydrogen-bond acceptors (Lipinski definition) is 3. The summed E-state index contributed by atoms with van der Waals surface area (Å²) in [6.07, 6.45) is 3.39. The maximum atomic E-state index is 9.86. The third kappa shape index (κ3) is 2.70. The van der Waals surface area contributed by atoms with Gasteiger partial charge in [-0.25, -0.2) is 0 Å². The van der Waals surface area contributed by atoms with Crippen LogP contribution in [0.5, 0.6) is 5.75 Å². The van der Waals surface area contributed by atoms with Crippen molar-refractivity contribution in [3.63, 3.8) is 0 Å². The van der Waals surface area contributed by atoms with Crippen molar-refractivity contribution in [3.05, 3.63) is 24.0 Å². The molecule has 0 radical (unpaired) electrons. The van der Waals surface area contributed by atoms with Crippen LogP contribution in [-0.4, -0.2) is 16.2 Å². The van der Waals surface area contributed by atoms with Crippen molar-refractivity contribution >= 4 is 0 Å². The van der Waals surface area contributed by atoms with Crippen LogP contribution in [0.25, 0.3) is 0 Å². The summed E-state index contributed by atoms with van der Waals surface area (Å²) in [5.41, 5.74) is -0.202. The lowest BCUT2D eigenvalue weighted by atomic mass is 10.00. The second kappa shape index (κ2) is 3.96. The number of aliphatic hydroxyl groups is 1. The van der Waals surface area contributed by atoms with E-state index in [1.165, 1.54) is 0 Å². The van der Waals surface area contributed by atoms with Crippen LogP contribution in [0, 0.1) is 0 Å². The van der Waals surface area contributed by atoms with Gasteiger partial charge in [0.15, 0.2) is 0 Å². The van der Waals surface area contributed by atoms with Gasteiger partial charge in [0, 0.05) is 18.0 Å². The van der Waals surface area contributed by atoms with Crippen molar-refractivity contribution in [1.29, 1.82) is 0 Å². The summed E-state index contributed by atoms with van der Waals surface area (Å²) in [6, 6.07) is 1.77. The van der Waals surface area contributed by atoms with E-state index >= 15 is 0 Å². The van der Waals surface area contributed by atoms with Crippen LogP contribution in [0.15, 0.2) is 18.5 Å². The predicted molar refractivity (Wildman–Crippen MR) is 55.2 cm³/mol. The first-order valence-electron chi connectivity index (χ1n) is 4.75. The van der Waals surface area contributed by atoms with Crippen LogP contribution in [-0.2, 0) is 5.60 Å². The predicted octanol–water partition coefficient (Wildman–Crippen LogP) is 2.10. The summed E-state index contributed by atoms with van der Waals surface area (Å²) in [5, 5.41) is 9.86. The van der Waals surface area contributed by atoms with Crippen LogP contribution in [0.1, 0.15) is 33.3 Å². The van der Waals surface area contributed by atoms with Crippen molar-refractivity contribution in [3.8, 4) is 5.75 Å². The van der Waals surface area contributed by atoms with Gasteiger partial charge >= 0.3 is 0 Å². The fourth-order valence-corrected chi connectivity index (χ4v) is 1.20. The average Bonchev–Trinajstić information content (AvgIpc) is 2.01. The van der Waals surface area contributed by atoms with Gasteiger partial charge in [0.05, 0.1) is 11.7 Å². The maximum absolute atomic E-state index is 9.86. The van der Waals surface area contributed by atoms with Gasteiger partial charge in [-0.15, -0.1) is 0 Å². The SMILES string of the molecule is CC(C)Oc1ccncc1C(C)(C)O. The molecule has 1 aromatic rings. The largest absolute Gasteiger partial charge is 0.490 e. The molecule has 3 nitrogen and oxygen atoms in total. The first kappa shape index (κ1) is 11.0. The summed E-state index contributed by atoms with van der Waals surface area (Å²) in [5.74, 6) is 0.697. The Kier molecular flexibility index (Phi) is 3.11. The number of hydrogen-bond donors (Lipinski definition) is 1. The monoisotopic (exact) mass is 195 g/mol. The molecule has 0 aliphatic heterocycles. The third-order valence-electron chi connectivity index (χ3n) is 1.80. The molecule has 0 aliphatic carbocycles. The van der Waals surface area contributed by atoms with E-state index in [0.29, 0.717) is 11.3 Å². The highest BCUT2D eigenvalue weighted by Crippen LogP contribution is 2.28. The van der Waals surface area contributed by atoms with Gasteiger partial charge in [0.25, 0.3) is 0 Å². The number of pyridine rings is 1. The molecule has 0 unspecified atom stereocenters. The van der Waals surface area contributed by atoms with E-state index in [9.17, 15) is 5.11 Å². The number of rotatable bonds is 3. The molecule has 1 rings (SSSR count). The second-order valence-corrected chi connectivity index (χ2v) is 4.10. The number of nitrogens with zero attached hydrogens (tertiary/aromatic N) is 1. The van der Waals surface area contributed by atoms with Crippen molar-refractivity contribution in [2.24, 2.45) is 0 Å². The zero-order valence-corrected chi connectivity index (χ0v) is 9.11. The molecule has 3 heteroatoms. The van der Waals surface area contributed by atoms with E-state index in [4.69, 9.17) is 4.74 Å². The van der Waals surface area contributed by atoms with Gasteiger partial charge in [0.2, 0.25) is 0 Å². The molecule has 0 amide bonds. The lowest BCUT2D eigenvalue weighted by molar-refractivity contribution is 0.0728. The Bertz CT molecular complexity index is 302. The van der Waals surface area contributed by atoms with E-state index in [1.54, 1.807) is 32.3 Å². The van der Waals surface area contributed by atoms with Gasteiger partial charge in [0.1, 0.15) is 5.75 Å². The standard InChI is InChI=1S/C11H17NO2/c1-8(2)14-10-5-6-12-7-9(10)11(3,4)13/h5-8,13H,1-4H3. The van der Waals surface area contributed by atoms with Gasteiger partial charge in [-0.1, -0.05) is 0 Å². The van der Waals surface area contributed by atoms with Crippen LogP contribution >= 0.6 is 0 Å². The Morgan fingerprint density at radius 1 is 1.43 bits per heavy atom. The Balaban J connectivity index is 3.04. The molecule has 0 aromatic carbocycles. The van der Waals surface area contributed by atoms with Crippen LogP contribution in [0.3, 0.4) is 0 Å². The smallest absolute Gasteiger partial charge is 0.128 e. The molecular formula is C11H17NO2. The maximum Gasteiger partial charge on any atom is 0.128 e. The summed E-state index contributed by atoms with van der Waals surface area (Å²) in [4.78, 5) is 3.98. The highest BCUT2D eigenvalue weighted by Gasteiger charge is 2.21. The molecule has 0 spiro atoms. The first-order chi connectivity index (χ1) is 6.41. The summed E-state index contributed by atoms with van der Waals surface area (Å²) in [6.45, 7) is 7.34. The highest BCUT2D eigenvalue weighted by molar-refractivity contribution is 5.34. The Morgan fingerprint density at radius 2 is 2.07 bits per heavy atom. The Morgan fingerprint density at radius 3 is 2.57 bits per heavy atom. The summed E-state index contributed by atoms with van der Waals surface area (Å²) in [7, 11) is 0. The fourth-order valence-electron chi connectivity index (χ4n) is 1.20. The average molecular weight is 195 g/mol. The minimum absolute atomic E-state index is 0.0958. The Labute approximate surface area is 84.7 Å². The molecule has 1 heterocycles. The number of ether oxygens (including phenoxy) is 1. The second-order valence-electron chi connectivity index (χ2n) is 4.10. The van der Waals surface area contributed by atoms with Crippen LogP contribution in [0.2, 0.25) is 0 Å². The van der Waals surface area contributed by atoms with E-state index in [-0.39, 0.29) is 6.10 Å². The fraction of sp³-hybridized carbons (Fsp3) is 0.545. The first-order valence-corrected chi connectivity index (χ1v) is 4.75. The van der Waals surface area contributed by atoms with Gasteiger partial charge < -0.3 is 9.84 Å². The van der Waals surface area contributed by atoms with E-state index < -0.39 is 5.60 Å².